The maximum atomic E-state index is 12.2. The third-order valence-electron chi connectivity index (χ3n) is 5.74. The summed E-state index contributed by atoms with van der Waals surface area (Å²) >= 11 is 0. The van der Waals surface area contributed by atoms with Crippen molar-refractivity contribution in [2.75, 3.05) is 26.2 Å². The number of carbonyl (C=O) groups excluding carboxylic acids is 1. The lowest BCUT2D eigenvalue weighted by Crippen LogP contribution is -2.56. The molecule has 2 aliphatic heterocycles. The lowest BCUT2D eigenvalue weighted by atomic mass is 9.83. The number of piperidine rings is 2. The molecule has 2 atom stereocenters. The minimum atomic E-state index is 0. The number of fused-ring (bicyclic) bond motifs is 1. The third kappa shape index (κ3) is 4.69. The zero-order valence-electron chi connectivity index (χ0n) is 15.9. The average Bonchev–Trinajstić information content (AvgIpc) is 3.13. The number of aromatic nitrogens is 2. The highest BCUT2D eigenvalue weighted by molar-refractivity contribution is 5.85. The van der Waals surface area contributed by atoms with Crippen LogP contribution in [0.2, 0.25) is 0 Å². The van der Waals surface area contributed by atoms with E-state index in [4.69, 9.17) is 5.73 Å². The largest absolute Gasteiger partial charge is 0.338 e. The Balaban J connectivity index is 0.00000140. The number of pyridine rings is 1. The van der Waals surface area contributed by atoms with Crippen LogP contribution in [0.4, 0.5) is 0 Å². The Bertz CT molecular complexity index is 754. The molecule has 2 aliphatic rings. The van der Waals surface area contributed by atoms with Gasteiger partial charge in [-0.15, -0.1) is 24.8 Å². The maximum Gasteiger partial charge on any atom is 0.222 e. The Hall–Kier alpha value is -1.60. The van der Waals surface area contributed by atoms with E-state index in [9.17, 15) is 4.79 Å². The molecule has 4 rings (SSSR count). The van der Waals surface area contributed by atoms with Gasteiger partial charge in [0.05, 0.1) is 11.9 Å². The van der Waals surface area contributed by atoms with Gasteiger partial charge in [0.25, 0.3) is 0 Å². The molecule has 2 saturated heterocycles. The SMILES string of the molecule is Cl.Cl.NCCN1C(=O)CC[C@H]2CN(Cc3cccn3-c3cccnc3)CC[C@H]21. The van der Waals surface area contributed by atoms with E-state index in [-0.39, 0.29) is 30.7 Å². The number of hydrogen-bond acceptors (Lipinski definition) is 4. The number of amides is 1. The van der Waals surface area contributed by atoms with Gasteiger partial charge in [0.15, 0.2) is 0 Å². The average molecular weight is 426 g/mol. The van der Waals surface area contributed by atoms with Crippen LogP contribution in [0.3, 0.4) is 0 Å². The molecule has 0 unspecified atom stereocenters. The van der Waals surface area contributed by atoms with Gasteiger partial charge < -0.3 is 15.2 Å². The number of hydrogen-bond donors (Lipinski definition) is 1. The van der Waals surface area contributed by atoms with E-state index in [1.807, 2.05) is 17.2 Å². The van der Waals surface area contributed by atoms with Crippen molar-refractivity contribution in [3.05, 3.63) is 48.5 Å². The van der Waals surface area contributed by atoms with Gasteiger partial charge in [-0.1, -0.05) is 0 Å². The van der Waals surface area contributed by atoms with Crippen LogP contribution >= 0.6 is 24.8 Å². The summed E-state index contributed by atoms with van der Waals surface area (Å²) in [6.45, 7) is 4.25. The summed E-state index contributed by atoms with van der Waals surface area (Å²) in [5.41, 5.74) is 8.10. The second-order valence-corrected chi connectivity index (χ2v) is 7.35. The predicted molar refractivity (Wildman–Crippen MR) is 115 cm³/mol. The van der Waals surface area contributed by atoms with Crippen molar-refractivity contribution in [1.82, 2.24) is 19.4 Å². The molecule has 154 valence electrons. The standard InChI is InChI=1S/C20H27N5O.2ClH/c21-8-12-25-19-7-11-23(14-16(19)5-6-20(25)26)15-18-4-2-10-24(18)17-3-1-9-22-13-17;;/h1-4,9-10,13,16,19H,5-8,11-12,14-15,21H2;2*1H/t16-,19+;;/m0../s1. The summed E-state index contributed by atoms with van der Waals surface area (Å²) in [7, 11) is 0. The Morgan fingerprint density at radius 3 is 2.79 bits per heavy atom. The second-order valence-electron chi connectivity index (χ2n) is 7.35. The first-order valence-electron chi connectivity index (χ1n) is 9.55. The first-order valence-corrected chi connectivity index (χ1v) is 9.55. The lowest BCUT2D eigenvalue weighted by molar-refractivity contribution is -0.141. The Morgan fingerprint density at radius 2 is 2.04 bits per heavy atom. The van der Waals surface area contributed by atoms with Crippen molar-refractivity contribution in [3.63, 3.8) is 0 Å². The topological polar surface area (TPSA) is 67.4 Å². The Morgan fingerprint density at radius 1 is 1.18 bits per heavy atom. The van der Waals surface area contributed by atoms with Crippen LogP contribution in [0.25, 0.3) is 5.69 Å². The molecule has 0 aliphatic carbocycles. The van der Waals surface area contributed by atoms with Crippen LogP contribution in [0, 0.1) is 5.92 Å². The van der Waals surface area contributed by atoms with E-state index < -0.39 is 0 Å². The fourth-order valence-electron chi connectivity index (χ4n) is 4.52. The zero-order chi connectivity index (χ0) is 17.9. The van der Waals surface area contributed by atoms with Crippen molar-refractivity contribution in [3.8, 4) is 5.69 Å². The molecule has 8 heteroatoms. The van der Waals surface area contributed by atoms with Crippen molar-refractivity contribution in [2.24, 2.45) is 11.7 Å². The highest BCUT2D eigenvalue weighted by Crippen LogP contribution is 2.31. The molecule has 2 fully saturated rings. The van der Waals surface area contributed by atoms with E-state index in [0.717, 1.165) is 38.2 Å². The molecule has 28 heavy (non-hydrogen) atoms. The van der Waals surface area contributed by atoms with Crippen molar-refractivity contribution in [1.29, 1.82) is 0 Å². The third-order valence-corrected chi connectivity index (χ3v) is 5.74. The Kier molecular flexibility index (Phi) is 8.31. The van der Waals surface area contributed by atoms with Crippen LogP contribution in [-0.4, -0.2) is 57.5 Å². The number of carbonyl (C=O) groups is 1. The smallest absolute Gasteiger partial charge is 0.222 e. The first-order chi connectivity index (χ1) is 12.8. The van der Waals surface area contributed by atoms with Gasteiger partial charge in [0.1, 0.15) is 0 Å². The summed E-state index contributed by atoms with van der Waals surface area (Å²) in [5, 5.41) is 0. The van der Waals surface area contributed by atoms with E-state index in [2.05, 4.69) is 38.8 Å². The fourth-order valence-corrected chi connectivity index (χ4v) is 4.52. The minimum absolute atomic E-state index is 0. The highest BCUT2D eigenvalue weighted by atomic mass is 35.5. The molecule has 1 amide bonds. The zero-order valence-corrected chi connectivity index (χ0v) is 17.6. The van der Waals surface area contributed by atoms with Gasteiger partial charge in [0, 0.05) is 63.3 Å². The fraction of sp³-hybridized carbons (Fsp3) is 0.500. The molecule has 2 N–H and O–H groups in total. The summed E-state index contributed by atoms with van der Waals surface area (Å²) in [6.07, 6.45) is 8.51. The molecule has 0 spiro atoms. The van der Waals surface area contributed by atoms with Gasteiger partial charge in [-0.25, -0.2) is 0 Å². The molecule has 6 nitrogen and oxygen atoms in total. The summed E-state index contributed by atoms with van der Waals surface area (Å²) < 4.78 is 2.21. The molecular formula is C20H29Cl2N5O. The summed E-state index contributed by atoms with van der Waals surface area (Å²) in [6, 6.07) is 8.71. The van der Waals surface area contributed by atoms with Gasteiger partial charge in [-0.2, -0.15) is 0 Å². The maximum absolute atomic E-state index is 12.2. The number of rotatable bonds is 5. The van der Waals surface area contributed by atoms with Crippen LogP contribution < -0.4 is 5.73 Å². The van der Waals surface area contributed by atoms with Gasteiger partial charge in [-0.3, -0.25) is 14.7 Å². The minimum Gasteiger partial charge on any atom is -0.338 e. The van der Waals surface area contributed by atoms with E-state index >= 15 is 0 Å². The van der Waals surface area contributed by atoms with Crippen LogP contribution in [0.5, 0.6) is 0 Å². The van der Waals surface area contributed by atoms with Crippen molar-refractivity contribution >= 4 is 30.7 Å². The summed E-state index contributed by atoms with van der Waals surface area (Å²) in [5.74, 6) is 0.852. The van der Waals surface area contributed by atoms with E-state index in [1.165, 1.54) is 5.69 Å². The molecule has 0 radical (unpaired) electrons. The molecule has 4 heterocycles. The Labute approximate surface area is 178 Å². The normalized spacial score (nSPS) is 22.2. The number of halogens is 2. The molecule has 0 aromatic carbocycles. The quantitative estimate of drug-likeness (QED) is 0.798. The van der Waals surface area contributed by atoms with Gasteiger partial charge in [-0.05, 0) is 43.0 Å². The molecule has 0 bridgehead atoms. The lowest BCUT2D eigenvalue weighted by Gasteiger charge is -2.47. The first kappa shape index (κ1) is 22.7. The van der Waals surface area contributed by atoms with Gasteiger partial charge in [0.2, 0.25) is 5.91 Å². The van der Waals surface area contributed by atoms with Crippen LogP contribution in [0.15, 0.2) is 42.9 Å². The van der Waals surface area contributed by atoms with Crippen molar-refractivity contribution < 1.29 is 4.79 Å². The van der Waals surface area contributed by atoms with Crippen LogP contribution in [0.1, 0.15) is 25.0 Å². The van der Waals surface area contributed by atoms with Gasteiger partial charge >= 0.3 is 0 Å². The second kappa shape index (κ2) is 10.3. The van der Waals surface area contributed by atoms with Crippen molar-refractivity contribution in [2.45, 2.75) is 31.8 Å². The summed E-state index contributed by atoms with van der Waals surface area (Å²) in [4.78, 5) is 21.0. The number of nitrogens with zero attached hydrogens (tertiary/aromatic N) is 4. The molecule has 2 aromatic rings. The highest BCUT2D eigenvalue weighted by Gasteiger charge is 2.38. The molecule has 2 aromatic heterocycles. The van der Waals surface area contributed by atoms with E-state index in [1.54, 1.807) is 6.20 Å². The predicted octanol–water partition coefficient (Wildman–Crippen LogP) is 2.49. The number of likely N-dealkylation sites (tertiary alicyclic amines) is 2. The van der Waals surface area contributed by atoms with Crippen LogP contribution in [-0.2, 0) is 11.3 Å². The molecule has 0 saturated carbocycles. The van der Waals surface area contributed by atoms with E-state index in [0.29, 0.717) is 31.5 Å². The molecular weight excluding hydrogens is 397 g/mol. The monoisotopic (exact) mass is 425 g/mol. The number of nitrogens with two attached hydrogens (primary N) is 1.